The van der Waals surface area contributed by atoms with Crippen LogP contribution >= 0.6 is 0 Å². The van der Waals surface area contributed by atoms with Gasteiger partial charge in [0.15, 0.2) is 0 Å². The first-order chi connectivity index (χ1) is 17.0. The molecule has 1 atom stereocenters. The van der Waals surface area contributed by atoms with E-state index in [2.05, 4.69) is 73.9 Å². The Morgan fingerprint density at radius 1 is 1.00 bits per heavy atom. The summed E-state index contributed by atoms with van der Waals surface area (Å²) >= 11 is 0. The number of anilines is 1. The Kier molecular flexibility index (Phi) is 6.58. The lowest BCUT2D eigenvalue weighted by molar-refractivity contribution is -0.117. The number of nitrogens with zero attached hydrogens (tertiary/aromatic N) is 3. The Hall–Kier alpha value is -3.60. The normalized spacial score (nSPS) is 15.8. The molecule has 180 valence electrons. The van der Waals surface area contributed by atoms with Gasteiger partial charge in [0.1, 0.15) is 11.6 Å². The summed E-state index contributed by atoms with van der Waals surface area (Å²) in [7, 11) is 0. The van der Waals surface area contributed by atoms with E-state index in [9.17, 15) is 4.79 Å². The predicted molar refractivity (Wildman–Crippen MR) is 141 cm³/mol. The van der Waals surface area contributed by atoms with Gasteiger partial charge in [0.25, 0.3) is 0 Å². The van der Waals surface area contributed by atoms with Gasteiger partial charge in [0.2, 0.25) is 5.91 Å². The van der Waals surface area contributed by atoms with Gasteiger partial charge >= 0.3 is 0 Å². The third-order valence-electron chi connectivity index (χ3n) is 6.83. The highest BCUT2D eigenvalue weighted by atomic mass is 16.5. The molecule has 1 saturated heterocycles. The number of amides is 1. The van der Waals surface area contributed by atoms with Gasteiger partial charge < -0.3 is 14.2 Å². The number of carbonyl (C=O) groups is 1. The number of benzene rings is 3. The Bertz CT molecular complexity index is 1340. The number of carbonyl (C=O) groups excluding carboxylic acids is 1. The molecule has 5 nitrogen and oxygen atoms in total. The molecule has 0 aliphatic carbocycles. The van der Waals surface area contributed by atoms with Crippen LogP contribution in [0.25, 0.3) is 11.0 Å². The van der Waals surface area contributed by atoms with Crippen molar-refractivity contribution in [1.29, 1.82) is 0 Å². The third-order valence-corrected chi connectivity index (χ3v) is 6.83. The van der Waals surface area contributed by atoms with Crippen molar-refractivity contribution in [3.8, 4) is 5.75 Å². The smallest absolute Gasteiger partial charge is 0.227 e. The molecule has 2 heterocycles. The second-order valence-electron chi connectivity index (χ2n) is 9.52. The first-order valence-electron chi connectivity index (χ1n) is 12.6. The topological polar surface area (TPSA) is 47.4 Å². The molecule has 4 aromatic rings. The Labute approximate surface area is 207 Å². The molecule has 1 amide bonds. The van der Waals surface area contributed by atoms with Gasteiger partial charge in [-0.3, -0.25) is 4.79 Å². The lowest BCUT2D eigenvalue weighted by Crippen LogP contribution is -2.25. The Morgan fingerprint density at radius 2 is 1.74 bits per heavy atom. The zero-order valence-corrected chi connectivity index (χ0v) is 20.8. The van der Waals surface area contributed by atoms with Gasteiger partial charge in [-0.05, 0) is 73.7 Å². The standard InChI is InChI=1S/C30H33N3O2/c1-4-23-10-5-7-12-27(23)33-20-24(19-29(33)34)30-31-26-11-6-8-13-28(26)32(30)14-9-15-35-25-17-21(2)16-22(3)18-25/h5-8,10-13,16-18,24H,4,9,14-15,19-20H2,1-3H3. The Balaban J connectivity index is 1.35. The van der Waals surface area contributed by atoms with E-state index < -0.39 is 0 Å². The molecule has 3 aromatic carbocycles. The monoisotopic (exact) mass is 467 g/mol. The van der Waals surface area contributed by atoms with Crippen LogP contribution in [0, 0.1) is 13.8 Å². The van der Waals surface area contributed by atoms with Crippen LogP contribution < -0.4 is 9.64 Å². The Morgan fingerprint density at radius 3 is 2.54 bits per heavy atom. The van der Waals surface area contributed by atoms with Crippen molar-refractivity contribution in [3.63, 3.8) is 0 Å². The molecule has 0 N–H and O–H groups in total. The van der Waals surface area contributed by atoms with Gasteiger partial charge in [-0.25, -0.2) is 4.98 Å². The highest BCUT2D eigenvalue weighted by Gasteiger charge is 2.35. The minimum Gasteiger partial charge on any atom is -0.494 e. The number of imidazole rings is 1. The summed E-state index contributed by atoms with van der Waals surface area (Å²) in [5.41, 5.74) is 6.77. The summed E-state index contributed by atoms with van der Waals surface area (Å²) in [5, 5.41) is 0. The van der Waals surface area contributed by atoms with E-state index in [1.807, 2.05) is 23.1 Å². The highest BCUT2D eigenvalue weighted by molar-refractivity contribution is 5.97. The maximum absolute atomic E-state index is 13.1. The minimum atomic E-state index is 0.0696. The molecule has 1 fully saturated rings. The van der Waals surface area contributed by atoms with Crippen molar-refractivity contribution >= 4 is 22.6 Å². The molecule has 0 spiro atoms. The fourth-order valence-electron chi connectivity index (χ4n) is 5.26. The van der Waals surface area contributed by atoms with Crippen LogP contribution in [0.4, 0.5) is 5.69 Å². The summed E-state index contributed by atoms with van der Waals surface area (Å²) < 4.78 is 8.36. The van der Waals surface area contributed by atoms with Crippen molar-refractivity contribution in [3.05, 3.63) is 89.2 Å². The molecule has 0 radical (unpaired) electrons. The molecule has 5 rings (SSSR count). The lowest BCUT2D eigenvalue weighted by Gasteiger charge is -2.20. The fraction of sp³-hybridized carbons (Fsp3) is 0.333. The van der Waals surface area contributed by atoms with E-state index in [4.69, 9.17) is 9.72 Å². The molecule has 1 aromatic heterocycles. The summed E-state index contributed by atoms with van der Waals surface area (Å²) in [6.07, 6.45) is 2.26. The number of aromatic nitrogens is 2. The predicted octanol–water partition coefficient (Wildman–Crippen LogP) is 6.21. The van der Waals surface area contributed by atoms with E-state index >= 15 is 0 Å². The first-order valence-corrected chi connectivity index (χ1v) is 12.6. The molecule has 0 bridgehead atoms. The van der Waals surface area contributed by atoms with E-state index in [1.54, 1.807) is 0 Å². The molecule has 1 unspecified atom stereocenters. The van der Waals surface area contributed by atoms with Crippen molar-refractivity contribution < 1.29 is 9.53 Å². The third kappa shape index (κ3) is 4.81. The van der Waals surface area contributed by atoms with E-state index in [0.717, 1.165) is 47.7 Å². The van der Waals surface area contributed by atoms with Crippen LogP contribution in [0.3, 0.4) is 0 Å². The van der Waals surface area contributed by atoms with Crippen LogP contribution in [0.5, 0.6) is 5.75 Å². The van der Waals surface area contributed by atoms with Gasteiger partial charge in [-0.2, -0.15) is 0 Å². The van der Waals surface area contributed by atoms with Crippen LogP contribution in [0.2, 0.25) is 0 Å². The van der Waals surface area contributed by atoms with Gasteiger partial charge in [0, 0.05) is 31.1 Å². The van der Waals surface area contributed by atoms with Gasteiger partial charge in [0.05, 0.1) is 17.6 Å². The summed E-state index contributed by atoms with van der Waals surface area (Å²) in [4.78, 5) is 20.1. The van der Waals surface area contributed by atoms with Crippen molar-refractivity contribution in [2.24, 2.45) is 0 Å². The number of fused-ring (bicyclic) bond motifs is 1. The van der Waals surface area contributed by atoms with Crippen LogP contribution in [0.1, 0.15) is 48.2 Å². The van der Waals surface area contributed by atoms with Gasteiger partial charge in [-0.15, -0.1) is 0 Å². The number of hydrogen-bond donors (Lipinski definition) is 0. The SMILES string of the molecule is CCc1ccccc1N1CC(c2nc3ccccc3n2CCCOc2cc(C)cc(C)c2)CC1=O. The maximum Gasteiger partial charge on any atom is 0.227 e. The number of rotatable bonds is 8. The van der Waals surface area contributed by atoms with Gasteiger partial charge in [-0.1, -0.05) is 43.3 Å². The van der Waals surface area contributed by atoms with E-state index in [-0.39, 0.29) is 11.8 Å². The zero-order valence-electron chi connectivity index (χ0n) is 20.8. The number of hydrogen-bond acceptors (Lipinski definition) is 3. The quantitative estimate of drug-likeness (QED) is 0.290. The van der Waals surface area contributed by atoms with Crippen LogP contribution in [-0.4, -0.2) is 28.6 Å². The highest BCUT2D eigenvalue weighted by Crippen LogP contribution is 2.35. The molecule has 1 aliphatic rings. The number of para-hydroxylation sites is 3. The first kappa shape index (κ1) is 23.2. The lowest BCUT2D eigenvalue weighted by atomic mass is 10.1. The zero-order chi connectivity index (χ0) is 24.4. The molecule has 1 aliphatic heterocycles. The average Bonchev–Trinajstić information content (AvgIpc) is 3.41. The van der Waals surface area contributed by atoms with Crippen LogP contribution in [0.15, 0.2) is 66.7 Å². The molecule has 0 saturated carbocycles. The largest absolute Gasteiger partial charge is 0.494 e. The van der Waals surface area contributed by atoms with E-state index in [0.29, 0.717) is 19.6 Å². The summed E-state index contributed by atoms with van der Waals surface area (Å²) in [5.74, 6) is 2.17. The minimum absolute atomic E-state index is 0.0696. The molecular weight excluding hydrogens is 434 g/mol. The van der Waals surface area contributed by atoms with Crippen molar-refractivity contribution in [2.75, 3.05) is 18.1 Å². The number of aryl methyl sites for hydroxylation is 4. The second-order valence-corrected chi connectivity index (χ2v) is 9.52. The number of ether oxygens (including phenoxy) is 1. The van der Waals surface area contributed by atoms with Crippen molar-refractivity contribution in [1.82, 2.24) is 9.55 Å². The maximum atomic E-state index is 13.1. The molecular formula is C30H33N3O2. The van der Waals surface area contributed by atoms with Crippen molar-refractivity contribution in [2.45, 2.75) is 52.5 Å². The molecule has 5 heteroatoms. The molecule has 35 heavy (non-hydrogen) atoms. The summed E-state index contributed by atoms with van der Waals surface area (Å²) in [6.45, 7) is 8.42. The second kappa shape index (κ2) is 9.95. The van der Waals surface area contributed by atoms with Crippen LogP contribution in [-0.2, 0) is 17.8 Å². The van der Waals surface area contributed by atoms with E-state index in [1.165, 1.54) is 16.7 Å². The summed E-state index contributed by atoms with van der Waals surface area (Å²) in [6, 6.07) is 22.8. The fourth-order valence-corrected chi connectivity index (χ4v) is 5.26. The average molecular weight is 468 g/mol.